The summed E-state index contributed by atoms with van der Waals surface area (Å²) in [4.78, 5) is 8.47. The van der Waals surface area contributed by atoms with Crippen molar-refractivity contribution in [2.24, 2.45) is 0 Å². The number of hydrogen-bond acceptors (Lipinski definition) is 5. The molecular formula is C12H16N4O2. The SMILES string of the molecule is OCc1nccn1Cc1nc(C2CCCC2)no1. The van der Waals surface area contributed by atoms with Crippen LogP contribution in [0.1, 0.15) is 49.1 Å². The van der Waals surface area contributed by atoms with Gasteiger partial charge in [0.15, 0.2) is 5.82 Å². The third-order valence-electron chi connectivity index (χ3n) is 3.45. The average molecular weight is 248 g/mol. The molecule has 2 aromatic heterocycles. The molecule has 1 aliphatic rings. The van der Waals surface area contributed by atoms with Gasteiger partial charge in [-0.05, 0) is 12.8 Å². The maximum Gasteiger partial charge on any atom is 0.246 e. The van der Waals surface area contributed by atoms with Crippen LogP contribution in [0.15, 0.2) is 16.9 Å². The standard InChI is InChI=1S/C12H16N4O2/c17-8-10-13-5-6-16(10)7-11-14-12(15-18-11)9-3-1-2-4-9/h5-6,9,17H,1-4,7-8H2. The van der Waals surface area contributed by atoms with Gasteiger partial charge in [0, 0.05) is 18.3 Å². The normalized spacial score (nSPS) is 16.5. The zero-order valence-corrected chi connectivity index (χ0v) is 10.1. The van der Waals surface area contributed by atoms with Gasteiger partial charge in [-0.2, -0.15) is 4.98 Å². The lowest BCUT2D eigenvalue weighted by molar-refractivity contribution is 0.264. The Morgan fingerprint density at radius 3 is 3.00 bits per heavy atom. The summed E-state index contributed by atoms with van der Waals surface area (Å²) in [5.74, 6) is 2.47. The Morgan fingerprint density at radius 2 is 2.22 bits per heavy atom. The molecule has 0 spiro atoms. The van der Waals surface area contributed by atoms with Crippen molar-refractivity contribution in [1.82, 2.24) is 19.7 Å². The molecule has 0 aliphatic heterocycles. The van der Waals surface area contributed by atoms with E-state index < -0.39 is 0 Å². The van der Waals surface area contributed by atoms with Crippen LogP contribution in [0.4, 0.5) is 0 Å². The molecule has 3 rings (SSSR count). The van der Waals surface area contributed by atoms with Crippen LogP contribution in [0.3, 0.4) is 0 Å². The van der Waals surface area contributed by atoms with Gasteiger partial charge in [-0.1, -0.05) is 18.0 Å². The molecule has 6 nitrogen and oxygen atoms in total. The van der Waals surface area contributed by atoms with Gasteiger partial charge < -0.3 is 14.2 Å². The van der Waals surface area contributed by atoms with Gasteiger partial charge in [-0.25, -0.2) is 4.98 Å². The molecule has 1 fully saturated rings. The molecule has 0 radical (unpaired) electrons. The van der Waals surface area contributed by atoms with Crippen molar-refractivity contribution in [2.45, 2.75) is 44.8 Å². The van der Waals surface area contributed by atoms with Crippen LogP contribution < -0.4 is 0 Å². The predicted molar refractivity (Wildman–Crippen MR) is 62.8 cm³/mol. The molecule has 1 N–H and O–H groups in total. The highest BCUT2D eigenvalue weighted by atomic mass is 16.5. The predicted octanol–water partition coefficient (Wildman–Crippen LogP) is 1.46. The minimum Gasteiger partial charge on any atom is -0.388 e. The van der Waals surface area contributed by atoms with Crippen LogP contribution in [0, 0.1) is 0 Å². The summed E-state index contributed by atoms with van der Waals surface area (Å²) in [6, 6.07) is 0. The molecule has 6 heteroatoms. The van der Waals surface area contributed by atoms with Gasteiger partial charge in [0.25, 0.3) is 0 Å². The maximum absolute atomic E-state index is 9.11. The summed E-state index contributed by atoms with van der Waals surface area (Å²) in [6.07, 6.45) is 8.28. The third-order valence-corrected chi connectivity index (χ3v) is 3.45. The highest BCUT2D eigenvalue weighted by Gasteiger charge is 2.22. The van der Waals surface area contributed by atoms with Gasteiger partial charge in [0.2, 0.25) is 5.89 Å². The summed E-state index contributed by atoms with van der Waals surface area (Å²) in [6.45, 7) is 0.381. The van der Waals surface area contributed by atoms with E-state index in [0.717, 1.165) is 18.7 Å². The number of aromatic nitrogens is 4. The monoisotopic (exact) mass is 248 g/mol. The molecule has 1 saturated carbocycles. The second-order valence-corrected chi connectivity index (χ2v) is 4.66. The first-order chi connectivity index (χ1) is 8.86. The number of imidazole rings is 1. The van der Waals surface area contributed by atoms with Gasteiger partial charge in [-0.15, -0.1) is 0 Å². The molecule has 96 valence electrons. The molecule has 0 atom stereocenters. The number of aliphatic hydroxyl groups is 1. The molecule has 0 saturated heterocycles. The van der Waals surface area contributed by atoms with E-state index in [1.807, 2.05) is 4.57 Å². The molecular weight excluding hydrogens is 232 g/mol. The van der Waals surface area contributed by atoms with Gasteiger partial charge >= 0.3 is 0 Å². The lowest BCUT2D eigenvalue weighted by atomic mass is 10.1. The summed E-state index contributed by atoms with van der Waals surface area (Å²) in [5.41, 5.74) is 0. The first-order valence-corrected chi connectivity index (χ1v) is 6.30. The Bertz CT molecular complexity index is 514. The lowest BCUT2D eigenvalue weighted by Crippen LogP contribution is -2.04. The van der Waals surface area contributed by atoms with E-state index in [0.29, 0.717) is 24.2 Å². The van der Waals surface area contributed by atoms with E-state index in [-0.39, 0.29) is 6.61 Å². The van der Waals surface area contributed by atoms with Crippen LogP contribution in [-0.2, 0) is 13.2 Å². The first kappa shape index (κ1) is 11.4. The minimum atomic E-state index is -0.0867. The van der Waals surface area contributed by atoms with Crippen molar-refractivity contribution in [2.75, 3.05) is 0 Å². The Labute approximate surface area is 105 Å². The molecule has 0 bridgehead atoms. The fourth-order valence-corrected chi connectivity index (χ4v) is 2.46. The smallest absolute Gasteiger partial charge is 0.246 e. The van der Waals surface area contributed by atoms with E-state index in [9.17, 15) is 0 Å². The molecule has 0 unspecified atom stereocenters. The molecule has 2 aromatic rings. The van der Waals surface area contributed by atoms with Crippen molar-refractivity contribution in [3.8, 4) is 0 Å². The lowest BCUT2D eigenvalue weighted by Gasteiger charge is -2.01. The van der Waals surface area contributed by atoms with Crippen LogP contribution in [-0.4, -0.2) is 24.8 Å². The summed E-state index contributed by atoms with van der Waals surface area (Å²) in [7, 11) is 0. The van der Waals surface area contributed by atoms with Crippen molar-refractivity contribution in [3.05, 3.63) is 29.9 Å². The van der Waals surface area contributed by atoms with Crippen molar-refractivity contribution in [3.63, 3.8) is 0 Å². The second kappa shape index (κ2) is 4.89. The summed E-state index contributed by atoms with van der Waals surface area (Å²) >= 11 is 0. The Balaban J connectivity index is 1.73. The third kappa shape index (κ3) is 2.15. The van der Waals surface area contributed by atoms with Gasteiger partial charge in [0.1, 0.15) is 19.0 Å². The van der Waals surface area contributed by atoms with Crippen molar-refractivity contribution < 1.29 is 9.63 Å². The molecule has 1 aliphatic carbocycles. The highest BCUT2D eigenvalue weighted by Crippen LogP contribution is 2.32. The topological polar surface area (TPSA) is 77.0 Å². The van der Waals surface area contributed by atoms with Crippen LogP contribution in [0.5, 0.6) is 0 Å². The van der Waals surface area contributed by atoms with E-state index in [1.54, 1.807) is 12.4 Å². The Hall–Kier alpha value is -1.69. The molecule has 0 aromatic carbocycles. The largest absolute Gasteiger partial charge is 0.388 e. The zero-order valence-electron chi connectivity index (χ0n) is 10.1. The van der Waals surface area contributed by atoms with Gasteiger partial charge in [0.05, 0.1) is 0 Å². The number of rotatable bonds is 4. The summed E-state index contributed by atoms with van der Waals surface area (Å²) < 4.78 is 7.07. The quantitative estimate of drug-likeness (QED) is 0.886. The Morgan fingerprint density at radius 1 is 1.39 bits per heavy atom. The molecule has 18 heavy (non-hydrogen) atoms. The minimum absolute atomic E-state index is 0.0867. The van der Waals surface area contributed by atoms with Gasteiger partial charge in [-0.3, -0.25) is 0 Å². The molecule has 2 heterocycles. The second-order valence-electron chi connectivity index (χ2n) is 4.66. The average Bonchev–Trinajstić information content (AvgIpc) is 3.10. The van der Waals surface area contributed by atoms with E-state index in [1.165, 1.54) is 12.8 Å². The fraction of sp³-hybridized carbons (Fsp3) is 0.583. The fourth-order valence-electron chi connectivity index (χ4n) is 2.46. The van der Waals surface area contributed by atoms with Crippen LogP contribution in [0.2, 0.25) is 0 Å². The number of nitrogens with zero attached hydrogens (tertiary/aromatic N) is 4. The summed E-state index contributed by atoms with van der Waals surface area (Å²) in [5, 5.41) is 13.2. The molecule has 0 amide bonds. The zero-order chi connectivity index (χ0) is 12.4. The first-order valence-electron chi connectivity index (χ1n) is 6.30. The van der Waals surface area contributed by atoms with Crippen molar-refractivity contribution in [1.29, 1.82) is 0 Å². The van der Waals surface area contributed by atoms with E-state index in [4.69, 9.17) is 9.63 Å². The number of aliphatic hydroxyl groups excluding tert-OH is 1. The number of hydrogen-bond donors (Lipinski definition) is 1. The highest BCUT2D eigenvalue weighted by molar-refractivity contribution is 5.00. The van der Waals surface area contributed by atoms with Crippen LogP contribution in [0.25, 0.3) is 0 Å². The van der Waals surface area contributed by atoms with Crippen LogP contribution >= 0.6 is 0 Å². The Kier molecular flexibility index (Phi) is 3.10. The van der Waals surface area contributed by atoms with Crippen molar-refractivity contribution >= 4 is 0 Å². The van der Waals surface area contributed by atoms with E-state index >= 15 is 0 Å². The maximum atomic E-state index is 9.11. The van der Waals surface area contributed by atoms with E-state index in [2.05, 4.69) is 15.1 Å².